The lowest BCUT2D eigenvalue weighted by molar-refractivity contribution is -0.166. The summed E-state index contributed by atoms with van der Waals surface area (Å²) < 4.78 is 34.9. The van der Waals surface area contributed by atoms with Crippen molar-refractivity contribution >= 4 is 17.9 Å². The molecule has 0 unspecified atom stereocenters. The number of carbonyl (C=O) groups excluding carboxylic acids is 3. The van der Waals surface area contributed by atoms with Crippen molar-refractivity contribution < 1.29 is 37.7 Å². The van der Waals surface area contributed by atoms with Crippen LogP contribution in [-0.4, -0.2) is 52.4 Å². The molecule has 1 aliphatic heterocycles. The number of H-pyrrole nitrogens is 1. The van der Waals surface area contributed by atoms with E-state index < -0.39 is 59.5 Å². The second-order valence-electron chi connectivity index (χ2n) is 5.66. The molecule has 0 bridgehead atoms. The van der Waals surface area contributed by atoms with E-state index in [0.717, 1.165) is 20.8 Å². The van der Waals surface area contributed by atoms with E-state index >= 15 is 0 Å². The number of aromatic amines is 1. The van der Waals surface area contributed by atoms with E-state index in [2.05, 4.69) is 0 Å². The quantitative estimate of drug-likeness (QED) is 0.496. The third-order valence-corrected chi connectivity index (χ3v) is 3.54. The van der Waals surface area contributed by atoms with Crippen molar-refractivity contribution in [2.24, 2.45) is 0 Å². The van der Waals surface area contributed by atoms with Crippen molar-refractivity contribution in [3.8, 4) is 0 Å². The van der Waals surface area contributed by atoms with Gasteiger partial charge in [0.1, 0.15) is 12.7 Å². The molecular weight excluding hydrogens is 371 g/mol. The van der Waals surface area contributed by atoms with Crippen molar-refractivity contribution in [1.82, 2.24) is 9.55 Å². The molecule has 4 atom stereocenters. The number of carbonyl (C=O) groups is 3. The number of halogens is 1. The molecule has 0 saturated carbocycles. The van der Waals surface area contributed by atoms with Crippen LogP contribution in [0.4, 0.5) is 4.39 Å². The minimum atomic E-state index is -1.45. The standard InChI is InChI=1S/C15H17FN2O9/c1-6(19)24-5-10-11(25-7(2)20)12(26-8(3)21)14(27-10)18-4-9(16)13(22)17-15(18)23/h4,10-12,14H,5H2,1-3H3,(H,17,22,23)/t10-,11-,12-,14-/m1/s1. The van der Waals surface area contributed by atoms with Crippen molar-refractivity contribution in [3.63, 3.8) is 0 Å². The van der Waals surface area contributed by atoms with Crippen LogP contribution in [0.2, 0.25) is 0 Å². The summed E-state index contributed by atoms with van der Waals surface area (Å²) in [4.78, 5) is 58.9. The van der Waals surface area contributed by atoms with Gasteiger partial charge < -0.3 is 18.9 Å². The highest BCUT2D eigenvalue weighted by Gasteiger charge is 2.51. The molecule has 1 aromatic heterocycles. The van der Waals surface area contributed by atoms with Crippen LogP contribution >= 0.6 is 0 Å². The monoisotopic (exact) mass is 388 g/mol. The molecule has 12 heteroatoms. The largest absolute Gasteiger partial charge is 0.463 e. The predicted octanol–water partition coefficient (Wildman–Crippen LogP) is -1.00. The summed E-state index contributed by atoms with van der Waals surface area (Å²) in [5.74, 6) is -3.49. The van der Waals surface area contributed by atoms with Crippen LogP contribution in [-0.2, 0) is 33.3 Å². The molecule has 0 aromatic carbocycles. The average Bonchev–Trinajstić information content (AvgIpc) is 2.85. The summed E-state index contributed by atoms with van der Waals surface area (Å²) in [5, 5.41) is 0. The maximum Gasteiger partial charge on any atom is 0.330 e. The van der Waals surface area contributed by atoms with Gasteiger partial charge in [-0.1, -0.05) is 0 Å². The Balaban J connectivity index is 2.47. The number of nitrogens with zero attached hydrogens (tertiary/aromatic N) is 1. The summed E-state index contributed by atoms with van der Waals surface area (Å²) in [6, 6.07) is 0. The first-order chi connectivity index (χ1) is 12.6. The molecule has 1 N–H and O–H groups in total. The number of nitrogens with one attached hydrogen (secondary N) is 1. The summed E-state index contributed by atoms with van der Waals surface area (Å²) in [6.45, 7) is 2.91. The van der Waals surface area contributed by atoms with Crippen LogP contribution in [0, 0.1) is 5.82 Å². The first-order valence-electron chi connectivity index (χ1n) is 7.74. The highest BCUT2D eigenvalue weighted by molar-refractivity contribution is 5.67. The van der Waals surface area contributed by atoms with Crippen LogP contribution in [0.1, 0.15) is 27.0 Å². The summed E-state index contributed by atoms with van der Waals surface area (Å²) in [5.41, 5.74) is -2.29. The molecule has 0 aliphatic carbocycles. The molecule has 1 aliphatic rings. The molecule has 1 aromatic rings. The molecule has 2 heterocycles. The lowest BCUT2D eigenvalue weighted by Gasteiger charge is -2.23. The molecule has 11 nitrogen and oxygen atoms in total. The van der Waals surface area contributed by atoms with Crippen molar-refractivity contribution in [2.75, 3.05) is 6.61 Å². The van der Waals surface area contributed by atoms with Gasteiger partial charge in [-0.15, -0.1) is 0 Å². The number of rotatable bonds is 5. The smallest absolute Gasteiger partial charge is 0.330 e. The van der Waals surface area contributed by atoms with Gasteiger partial charge in [-0.2, -0.15) is 4.39 Å². The fourth-order valence-corrected chi connectivity index (χ4v) is 2.57. The van der Waals surface area contributed by atoms with Crippen LogP contribution in [0.15, 0.2) is 15.8 Å². The van der Waals surface area contributed by atoms with Crippen LogP contribution in [0.25, 0.3) is 0 Å². The number of esters is 3. The molecule has 148 valence electrons. The Morgan fingerprint density at radius 3 is 2.26 bits per heavy atom. The van der Waals surface area contributed by atoms with Gasteiger partial charge in [0.05, 0.1) is 6.20 Å². The fraction of sp³-hybridized carbons (Fsp3) is 0.533. The molecule has 1 fully saturated rings. The zero-order chi connectivity index (χ0) is 20.3. The molecule has 0 amide bonds. The number of hydrogen-bond donors (Lipinski definition) is 1. The van der Waals surface area contributed by atoms with Gasteiger partial charge in [0, 0.05) is 20.8 Å². The van der Waals surface area contributed by atoms with Gasteiger partial charge in [-0.3, -0.25) is 28.7 Å². The summed E-state index contributed by atoms with van der Waals surface area (Å²) in [6.07, 6.45) is -4.61. The lowest BCUT2D eigenvalue weighted by Crippen LogP contribution is -2.42. The zero-order valence-corrected chi connectivity index (χ0v) is 14.6. The number of aromatic nitrogens is 2. The summed E-state index contributed by atoms with van der Waals surface area (Å²) >= 11 is 0. The highest BCUT2D eigenvalue weighted by Crippen LogP contribution is 2.33. The SMILES string of the molecule is CC(=O)OC[C@H]1O[C@@H](n2cc(F)c(=O)[nH]c2=O)[C@H](OC(C)=O)[C@@H]1OC(C)=O. The van der Waals surface area contributed by atoms with Crippen LogP contribution < -0.4 is 11.2 Å². The Kier molecular flexibility index (Phi) is 6.10. The van der Waals surface area contributed by atoms with Gasteiger partial charge in [-0.05, 0) is 0 Å². The Morgan fingerprint density at radius 2 is 1.70 bits per heavy atom. The summed E-state index contributed by atoms with van der Waals surface area (Å²) in [7, 11) is 0. The van der Waals surface area contributed by atoms with Gasteiger partial charge >= 0.3 is 23.6 Å². The topological polar surface area (TPSA) is 143 Å². The van der Waals surface area contributed by atoms with Crippen molar-refractivity contribution in [1.29, 1.82) is 0 Å². The van der Waals surface area contributed by atoms with E-state index in [9.17, 15) is 28.4 Å². The predicted molar refractivity (Wildman–Crippen MR) is 82.9 cm³/mol. The Bertz CT molecular complexity index is 862. The van der Waals surface area contributed by atoms with E-state index in [1.54, 1.807) is 4.98 Å². The highest BCUT2D eigenvalue weighted by atomic mass is 19.1. The van der Waals surface area contributed by atoms with Crippen LogP contribution in [0.5, 0.6) is 0 Å². The van der Waals surface area contributed by atoms with Crippen molar-refractivity contribution in [2.45, 2.75) is 45.3 Å². The molecule has 2 rings (SSSR count). The molecule has 0 spiro atoms. The minimum absolute atomic E-state index is 0.387. The van der Waals surface area contributed by atoms with Gasteiger partial charge in [0.2, 0.25) is 5.82 Å². The van der Waals surface area contributed by atoms with E-state index in [-0.39, 0.29) is 6.61 Å². The third-order valence-electron chi connectivity index (χ3n) is 3.54. The second-order valence-corrected chi connectivity index (χ2v) is 5.66. The maximum absolute atomic E-state index is 13.6. The molecule has 27 heavy (non-hydrogen) atoms. The lowest BCUT2D eigenvalue weighted by atomic mass is 10.1. The zero-order valence-electron chi connectivity index (χ0n) is 14.6. The molecule has 0 radical (unpaired) electrons. The second kappa shape index (κ2) is 8.12. The van der Waals surface area contributed by atoms with E-state index in [1.807, 2.05) is 0 Å². The Morgan fingerprint density at radius 1 is 1.11 bits per heavy atom. The maximum atomic E-state index is 13.6. The first kappa shape index (κ1) is 20.3. The minimum Gasteiger partial charge on any atom is -0.463 e. The van der Waals surface area contributed by atoms with Gasteiger partial charge in [0.15, 0.2) is 18.4 Å². The third kappa shape index (κ3) is 4.78. The number of ether oxygens (including phenoxy) is 4. The van der Waals surface area contributed by atoms with E-state index in [1.165, 1.54) is 0 Å². The van der Waals surface area contributed by atoms with E-state index in [0.29, 0.717) is 10.8 Å². The number of hydrogen-bond acceptors (Lipinski definition) is 9. The van der Waals surface area contributed by atoms with Gasteiger partial charge in [-0.25, -0.2) is 4.79 Å². The van der Waals surface area contributed by atoms with E-state index in [4.69, 9.17) is 18.9 Å². The Labute approximate surface area is 151 Å². The first-order valence-corrected chi connectivity index (χ1v) is 7.74. The average molecular weight is 388 g/mol. The normalized spacial score (nSPS) is 24.3. The van der Waals surface area contributed by atoms with Gasteiger partial charge in [0.25, 0.3) is 5.56 Å². The van der Waals surface area contributed by atoms with Crippen LogP contribution in [0.3, 0.4) is 0 Å². The Hall–Kier alpha value is -3.02. The van der Waals surface area contributed by atoms with Crippen molar-refractivity contribution in [3.05, 3.63) is 32.9 Å². The molecule has 1 saturated heterocycles. The molecular formula is C15H17FN2O9. The fourth-order valence-electron chi connectivity index (χ4n) is 2.57.